The summed E-state index contributed by atoms with van der Waals surface area (Å²) in [5.74, 6) is -3.62. The van der Waals surface area contributed by atoms with Gasteiger partial charge >= 0.3 is 6.09 Å². The zero-order valence-corrected chi connectivity index (χ0v) is 19.4. The Morgan fingerprint density at radius 3 is 2.27 bits per heavy atom. The summed E-state index contributed by atoms with van der Waals surface area (Å²) in [6, 6.07) is 2.56. The summed E-state index contributed by atoms with van der Waals surface area (Å²) in [5.41, 5.74) is -0.375. The first kappa shape index (κ1) is 23.4. The number of carbonyl (C=O) groups is 3. The topological polar surface area (TPSA) is 79.0 Å². The number of halogens is 2. The van der Waals surface area contributed by atoms with Gasteiger partial charge in [-0.3, -0.25) is 14.9 Å². The van der Waals surface area contributed by atoms with Crippen molar-refractivity contribution in [2.75, 3.05) is 31.1 Å². The van der Waals surface area contributed by atoms with E-state index in [0.29, 0.717) is 31.9 Å². The van der Waals surface area contributed by atoms with Crippen molar-refractivity contribution < 1.29 is 27.9 Å². The third-order valence-electron chi connectivity index (χ3n) is 6.93. The number of benzene rings is 1. The Balaban J connectivity index is 1.41. The van der Waals surface area contributed by atoms with Crippen molar-refractivity contribution in [1.29, 1.82) is 0 Å². The van der Waals surface area contributed by atoms with Crippen LogP contribution in [0.25, 0.3) is 0 Å². The molecular formula is C24H31F2N3O4. The molecule has 3 heterocycles. The third-order valence-corrected chi connectivity index (χ3v) is 6.93. The summed E-state index contributed by atoms with van der Waals surface area (Å²) in [6.07, 6.45) is 2.37. The largest absolute Gasteiger partial charge is 0.444 e. The van der Waals surface area contributed by atoms with E-state index < -0.39 is 35.0 Å². The Hall–Kier alpha value is -2.71. The predicted octanol–water partition coefficient (Wildman–Crippen LogP) is 3.71. The Labute approximate surface area is 192 Å². The van der Waals surface area contributed by atoms with Gasteiger partial charge in [-0.2, -0.15) is 0 Å². The number of rotatable bonds is 2. The van der Waals surface area contributed by atoms with Gasteiger partial charge in [0, 0.05) is 43.9 Å². The van der Waals surface area contributed by atoms with Crippen LogP contribution in [0.1, 0.15) is 64.4 Å². The SMILES string of the molecule is CC(C)(C)OC(=O)N1CCC2(CCN(c3cc(F)c(C4CCC(=O)NC4=O)c(F)c3)CC2)C1. The van der Waals surface area contributed by atoms with Crippen LogP contribution in [0.15, 0.2) is 12.1 Å². The number of ether oxygens (including phenoxy) is 1. The van der Waals surface area contributed by atoms with Gasteiger partial charge in [-0.05, 0) is 64.0 Å². The van der Waals surface area contributed by atoms with E-state index in [-0.39, 0.29) is 29.9 Å². The minimum atomic E-state index is -1.00. The van der Waals surface area contributed by atoms with Gasteiger partial charge in [-0.15, -0.1) is 0 Å². The van der Waals surface area contributed by atoms with Gasteiger partial charge in [0.2, 0.25) is 11.8 Å². The molecule has 9 heteroatoms. The minimum absolute atomic E-state index is 0.00282. The van der Waals surface area contributed by atoms with E-state index in [0.717, 1.165) is 19.3 Å². The van der Waals surface area contributed by atoms with Crippen molar-refractivity contribution in [3.63, 3.8) is 0 Å². The Morgan fingerprint density at radius 2 is 1.70 bits per heavy atom. The highest BCUT2D eigenvalue weighted by molar-refractivity contribution is 6.01. The fourth-order valence-electron chi connectivity index (χ4n) is 5.12. The first-order valence-electron chi connectivity index (χ1n) is 11.5. The van der Waals surface area contributed by atoms with Crippen LogP contribution in [0.2, 0.25) is 0 Å². The summed E-state index contributed by atoms with van der Waals surface area (Å²) in [5, 5.41) is 2.15. The van der Waals surface area contributed by atoms with Crippen LogP contribution in [-0.4, -0.2) is 54.6 Å². The standard InChI is InChI=1S/C24H31F2N3O4/c1-23(2,3)33-22(32)29-11-8-24(14-29)6-9-28(10-7-24)15-12-17(25)20(18(26)13-15)16-4-5-19(30)27-21(16)31/h12-13,16H,4-11,14H2,1-3H3,(H,27,30,31). The van der Waals surface area contributed by atoms with Gasteiger partial charge in [-0.25, -0.2) is 13.6 Å². The van der Waals surface area contributed by atoms with Gasteiger partial charge in [0.05, 0.1) is 5.92 Å². The molecule has 0 bridgehead atoms. The number of hydrogen-bond donors (Lipinski definition) is 1. The fraction of sp³-hybridized carbons (Fsp3) is 0.625. The van der Waals surface area contributed by atoms with E-state index in [1.54, 1.807) is 4.90 Å². The first-order chi connectivity index (χ1) is 15.5. The highest BCUT2D eigenvalue weighted by Crippen LogP contribution is 2.42. The molecule has 0 aliphatic carbocycles. The van der Waals surface area contributed by atoms with Crippen LogP contribution in [0.5, 0.6) is 0 Å². The van der Waals surface area contributed by atoms with E-state index in [4.69, 9.17) is 4.74 Å². The summed E-state index contributed by atoms with van der Waals surface area (Å²) >= 11 is 0. The summed E-state index contributed by atoms with van der Waals surface area (Å²) < 4.78 is 35.3. The molecule has 4 rings (SSSR count). The molecule has 0 aromatic heterocycles. The molecule has 1 aromatic rings. The average molecular weight is 464 g/mol. The van der Waals surface area contributed by atoms with E-state index in [2.05, 4.69) is 5.32 Å². The Kier molecular flexibility index (Phi) is 6.09. The van der Waals surface area contributed by atoms with Gasteiger partial charge in [0.1, 0.15) is 17.2 Å². The molecule has 0 radical (unpaired) electrons. The van der Waals surface area contributed by atoms with Crippen molar-refractivity contribution >= 4 is 23.6 Å². The third kappa shape index (κ3) is 4.96. The smallest absolute Gasteiger partial charge is 0.410 e. The summed E-state index contributed by atoms with van der Waals surface area (Å²) in [4.78, 5) is 39.5. The molecule has 1 atom stereocenters. The van der Waals surface area contributed by atoms with Crippen LogP contribution < -0.4 is 10.2 Å². The number of amides is 3. The molecule has 1 N–H and O–H groups in total. The maximum Gasteiger partial charge on any atom is 0.410 e. The van der Waals surface area contributed by atoms with E-state index >= 15 is 0 Å². The van der Waals surface area contributed by atoms with Crippen LogP contribution in [-0.2, 0) is 14.3 Å². The van der Waals surface area contributed by atoms with Gasteiger partial charge in [0.15, 0.2) is 0 Å². The highest BCUT2D eigenvalue weighted by atomic mass is 19.1. The lowest BCUT2D eigenvalue weighted by Crippen LogP contribution is -2.43. The molecule has 1 spiro atoms. The molecular weight excluding hydrogens is 432 g/mol. The average Bonchev–Trinajstić information content (AvgIpc) is 3.12. The Morgan fingerprint density at radius 1 is 1.09 bits per heavy atom. The summed E-state index contributed by atoms with van der Waals surface area (Å²) in [7, 11) is 0. The summed E-state index contributed by atoms with van der Waals surface area (Å²) in [6.45, 7) is 8.07. The van der Waals surface area contributed by atoms with Crippen LogP contribution >= 0.6 is 0 Å². The normalized spacial score (nSPS) is 23.1. The molecule has 33 heavy (non-hydrogen) atoms. The maximum atomic E-state index is 14.9. The quantitative estimate of drug-likeness (QED) is 0.677. The monoisotopic (exact) mass is 463 g/mol. The van der Waals surface area contributed by atoms with E-state index in [9.17, 15) is 23.2 Å². The van der Waals surface area contributed by atoms with Crippen LogP contribution in [0.4, 0.5) is 19.3 Å². The molecule has 3 aliphatic heterocycles. The number of anilines is 1. The second kappa shape index (κ2) is 8.57. The first-order valence-corrected chi connectivity index (χ1v) is 11.5. The minimum Gasteiger partial charge on any atom is -0.444 e. The van der Waals surface area contributed by atoms with E-state index in [1.165, 1.54) is 12.1 Å². The van der Waals surface area contributed by atoms with Gasteiger partial charge < -0.3 is 14.5 Å². The zero-order valence-electron chi connectivity index (χ0n) is 19.4. The number of hydrogen-bond acceptors (Lipinski definition) is 5. The highest BCUT2D eigenvalue weighted by Gasteiger charge is 2.43. The molecule has 1 aromatic carbocycles. The Bertz CT molecular complexity index is 944. The number of carbonyl (C=O) groups excluding carboxylic acids is 3. The van der Waals surface area contributed by atoms with E-state index in [1.807, 2.05) is 25.7 Å². The lowest BCUT2D eigenvalue weighted by atomic mass is 9.77. The number of imide groups is 1. The van der Waals surface area contributed by atoms with Crippen molar-refractivity contribution in [3.05, 3.63) is 29.3 Å². The number of nitrogens with one attached hydrogen (secondary N) is 1. The van der Waals surface area contributed by atoms with Gasteiger partial charge in [0.25, 0.3) is 0 Å². The molecule has 3 amide bonds. The lowest BCUT2D eigenvalue weighted by Gasteiger charge is -2.40. The number of likely N-dealkylation sites (tertiary alicyclic amines) is 1. The second-order valence-electron chi connectivity index (χ2n) is 10.5. The van der Waals surface area contributed by atoms with Crippen molar-refractivity contribution in [2.45, 2.75) is 64.4 Å². The van der Waals surface area contributed by atoms with Gasteiger partial charge in [-0.1, -0.05) is 0 Å². The molecule has 0 saturated carbocycles. The van der Waals surface area contributed by atoms with Crippen molar-refractivity contribution in [1.82, 2.24) is 10.2 Å². The molecule has 180 valence electrons. The second-order valence-corrected chi connectivity index (χ2v) is 10.5. The molecule has 7 nitrogen and oxygen atoms in total. The molecule has 3 saturated heterocycles. The molecule has 1 unspecified atom stereocenters. The molecule has 3 aliphatic rings. The zero-order chi connectivity index (χ0) is 24.0. The van der Waals surface area contributed by atoms with Crippen molar-refractivity contribution in [2.24, 2.45) is 5.41 Å². The fourth-order valence-corrected chi connectivity index (χ4v) is 5.12. The van der Waals surface area contributed by atoms with Crippen LogP contribution in [0, 0.1) is 17.0 Å². The molecule has 3 fully saturated rings. The number of nitrogens with zero attached hydrogens (tertiary/aromatic N) is 2. The number of piperidine rings is 2. The lowest BCUT2D eigenvalue weighted by molar-refractivity contribution is -0.134. The predicted molar refractivity (Wildman–Crippen MR) is 118 cm³/mol. The van der Waals surface area contributed by atoms with Crippen LogP contribution in [0.3, 0.4) is 0 Å². The maximum absolute atomic E-state index is 14.9. The van der Waals surface area contributed by atoms with Crippen molar-refractivity contribution in [3.8, 4) is 0 Å².